The summed E-state index contributed by atoms with van der Waals surface area (Å²) >= 11 is 6.35. The number of hydrogen-bond donors (Lipinski definition) is 0. The molecule has 154 valence electrons. The fraction of sp³-hybridized carbons (Fsp3) is 0.458. The van der Waals surface area contributed by atoms with Crippen LogP contribution in [0.5, 0.6) is 11.5 Å². The number of para-hydroxylation sites is 1. The second-order valence-corrected chi connectivity index (χ2v) is 9.50. The zero-order chi connectivity index (χ0) is 20.8. The number of benzene rings is 2. The quantitative estimate of drug-likeness (QED) is 0.475. The van der Waals surface area contributed by atoms with E-state index in [4.69, 9.17) is 21.1 Å². The molecule has 0 aromatic heterocycles. The van der Waals surface area contributed by atoms with Crippen molar-refractivity contribution in [3.05, 3.63) is 58.6 Å². The zero-order valence-electron chi connectivity index (χ0n) is 17.5. The molecule has 1 fully saturated rings. The first kappa shape index (κ1) is 20.2. The highest BCUT2D eigenvalue weighted by molar-refractivity contribution is 6.30. The molecule has 0 spiro atoms. The smallest absolute Gasteiger partial charge is 0.310 e. The first-order valence-electron chi connectivity index (χ1n) is 10.4. The number of rotatable bonds is 4. The van der Waals surface area contributed by atoms with E-state index in [9.17, 15) is 4.79 Å². The molecule has 2 aromatic carbocycles. The van der Waals surface area contributed by atoms with Crippen LogP contribution < -0.4 is 4.74 Å². The Balaban J connectivity index is 1.69. The van der Waals surface area contributed by atoms with Crippen LogP contribution in [0.2, 0.25) is 5.02 Å². The minimum Gasteiger partial charge on any atom is -0.457 e. The Morgan fingerprint density at radius 1 is 1.10 bits per heavy atom. The number of carbonyl (C=O) groups excluding carboxylic acids is 1. The number of halogens is 1. The highest BCUT2D eigenvalue weighted by atomic mass is 35.5. The van der Waals surface area contributed by atoms with Gasteiger partial charge in [-0.1, -0.05) is 43.6 Å². The fourth-order valence-electron chi connectivity index (χ4n) is 4.75. The van der Waals surface area contributed by atoms with Gasteiger partial charge in [-0.15, -0.1) is 0 Å². The van der Waals surface area contributed by atoms with E-state index in [2.05, 4.69) is 19.2 Å². The summed E-state index contributed by atoms with van der Waals surface area (Å²) in [5.74, 6) is 2.48. The van der Waals surface area contributed by atoms with Crippen LogP contribution in [0.3, 0.4) is 0 Å². The normalized spacial score (nSPS) is 26.0. The van der Waals surface area contributed by atoms with E-state index in [-0.39, 0.29) is 24.0 Å². The minimum absolute atomic E-state index is 0.119. The van der Waals surface area contributed by atoms with Gasteiger partial charge in [-0.2, -0.15) is 0 Å². The molecule has 29 heavy (non-hydrogen) atoms. The number of ether oxygens (including phenoxy) is 2. The summed E-state index contributed by atoms with van der Waals surface area (Å²) in [6, 6.07) is 14.1. The van der Waals surface area contributed by atoms with E-state index in [0.29, 0.717) is 16.8 Å². The highest BCUT2D eigenvalue weighted by Gasteiger charge is 2.50. The topological polar surface area (TPSA) is 35.5 Å². The molecule has 2 aliphatic rings. The predicted molar refractivity (Wildman–Crippen MR) is 114 cm³/mol. The van der Waals surface area contributed by atoms with Crippen molar-refractivity contribution >= 4 is 17.6 Å². The van der Waals surface area contributed by atoms with Gasteiger partial charge < -0.3 is 9.47 Å². The maximum absolute atomic E-state index is 12.3. The molecule has 4 atom stereocenters. The first-order chi connectivity index (χ1) is 13.8. The van der Waals surface area contributed by atoms with Crippen molar-refractivity contribution < 1.29 is 18.8 Å². The Morgan fingerprint density at radius 2 is 1.76 bits per heavy atom. The van der Waals surface area contributed by atoms with Gasteiger partial charge >= 0.3 is 5.97 Å². The Morgan fingerprint density at radius 3 is 2.48 bits per heavy atom. The van der Waals surface area contributed by atoms with E-state index < -0.39 is 0 Å². The summed E-state index contributed by atoms with van der Waals surface area (Å²) in [6.45, 7) is 7.84. The Hall–Kier alpha value is -2.04. The van der Waals surface area contributed by atoms with Crippen LogP contribution in [-0.4, -0.2) is 36.8 Å². The van der Waals surface area contributed by atoms with Crippen molar-refractivity contribution in [2.75, 3.05) is 20.1 Å². The van der Waals surface area contributed by atoms with Crippen LogP contribution in [0, 0.1) is 5.92 Å². The van der Waals surface area contributed by atoms with Gasteiger partial charge in [-0.25, -0.2) is 0 Å². The number of quaternary nitrogens is 1. The molecule has 5 heteroatoms. The Kier molecular flexibility index (Phi) is 5.34. The van der Waals surface area contributed by atoms with Gasteiger partial charge in [0.15, 0.2) is 0 Å². The van der Waals surface area contributed by atoms with E-state index in [0.717, 1.165) is 35.2 Å². The summed E-state index contributed by atoms with van der Waals surface area (Å²) in [4.78, 5) is 12.3. The van der Waals surface area contributed by atoms with Gasteiger partial charge in [-0.3, -0.25) is 9.28 Å². The van der Waals surface area contributed by atoms with E-state index >= 15 is 0 Å². The van der Waals surface area contributed by atoms with Crippen molar-refractivity contribution in [3.8, 4) is 11.5 Å². The lowest BCUT2D eigenvalue weighted by molar-refractivity contribution is -0.940. The number of hydrogen-bond acceptors (Lipinski definition) is 3. The highest BCUT2D eigenvalue weighted by Crippen LogP contribution is 2.52. The minimum atomic E-state index is -0.205. The molecule has 0 amide bonds. The van der Waals surface area contributed by atoms with Crippen LogP contribution >= 0.6 is 11.6 Å². The second-order valence-electron chi connectivity index (χ2n) is 9.07. The van der Waals surface area contributed by atoms with Gasteiger partial charge in [0.1, 0.15) is 11.5 Å². The molecule has 4 nitrogen and oxygen atoms in total. The van der Waals surface area contributed by atoms with Crippen molar-refractivity contribution in [1.29, 1.82) is 0 Å². The maximum Gasteiger partial charge on any atom is 0.310 e. The zero-order valence-corrected chi connectivity index (χ0v) is 18.3. The lowest BCUT2D eigenvalue weighted by atomic mass is 9.84. The lowest BCUT2D eigenvalue weighted by Crippen LogP contribution is -2.51. The van der Waals surface area contributed by atoms with Crippen LogP contribution in [-0.2, 0) is 9.53 Å². The summed E-state index contributed by atoms with van der Waals surface area (Å²) < 4.78 is 12.8. The molecular weight excluding hydrogens is 386 g/mol. The fourth-order valence-corrected chi connectivity index (χ4v) is 4.93. The third-order valence-corrected chi connectivity index (χ3v) is 6.61. The average Bonchev–Trinajstić information content (AvgIpc) is 2.96. The maximum atomic E-state index is 12.3. The molecule has 0 saturated carbocycles. The van der Waals surface area contributed by atoms with Crippen molar-refractivity contribution in [3.63, 3.8) is 0 Å². The van der Waals surface area contributed by atoms with Crippen LogP contribution in [0.1, 0.15) is 50.2 Å². The summed E-state index contributed by atoms with van der Waals surface area (Å²) in [6.07, 6.45) is 0.246. The molecule has 0 N–H and O–H groups in total. The monoisotopic (exact) mass is 414 g/mol. The van der Waals surface area contributed by atoms with Crippen LogP contribution in [0.15, 0.2) is 42.5 Å². The molecule has 2 aliphatic heterocycles. The second kappa shape index (κ2) is 7.66. The number of fused-ring (bicyclic) bond motifs is 5. The Bertz CT molecular complexity index is 928. The molecule has 1 saturated heterocycles. The molecule has 2 aromatic rings. The summed E-state index contributed by atoms with van der Waals surface area (Å²) in [5.41, 5.74) is 2.36. The third-order valence-electron chi connectivity index (χ3n) is 6.38. The van der Waals surface area contributed by atoms with E-state index in [1.165, 1.54) is 5.56 Å². The molecule has 0 bridgehead atoms. The molecule has 0 aliphatic carbocycles. The molecule has 4 unspecified atom stereocenters. The lowest BCUT2D eigenvalue weighted by Gasteiger charge is -2.35. The van der Waals surface area contributed by atoms with Crippen molar-refractivity contribution in [1.82, 2.24) is 0 Å². The SMILES string of the molecule is CC(C)CC(=O)OC(C)[N+]1(C)CC2c3ccccc3Oc3ccc(Cl)cc3C2C1. The molecule has 2 heterocycles. The standard InChI is InChI=1S/C24H29ClNO3/c1-15(2)11-24(27)28-16(3)26(4)13-20-18-7-5-6-8-22(18)29-23-10-9-17(25)12-19(23)21(20)14-26/h5-10,12,15-16,20-21H,11,13-14H2,1-4H3/q+1. The van der Waals surface area contributed by atoms with E-state index in [1.54, 1.807) is 0 Å². The number of likely N-dealkylation sites (tertiary alicyclic amines) is 1. The Labute approximate surface area is 178 Å². The first-order valence-corrected chi connectivity index (χ1v) is 10.7. The van der Waals surface area contributed by atoms with Crippen LogP contribution in [0.25, 0.3) is 0 Å². The van der Waals surface area contributed by atoms with Gasteiger partial charge in [-0.05, 0) is 30.2 Å². The predicted octanol–water partition coefficient (Wildman–Crippen LogP) is 5.71. The summed E-state index contributed by atoms with van der Waals surface area (Å²) in [7, 11) is 2.19. The van der Waals surface area contributed by atoms with Crippen molar-refractivity contribution in [2.45, 2.75) is 45.3 Å². The van der Waals surface area contributed by atoms with Gasteiger partial charge in [0.2, 0.25) is 6.23 Å². The van der Waals surface area contributed by atoms with Gasteiger partial charge in [0.25, 0.3) is 0 Å². The third kappa shape index (κ3) is 3.88. The largest absolute Gasteiger partial charge is 0.457 e. The van der Waals surface area contributed by atoms with Crippen molar-refractivity contribution in [2.24, 2.45) is 5.92 Å². The summed E-state index contributed by atoms with van der Waals surface area (Å²) in [5, 5.41) is 0.717. The number of esters is 1. The van der Waals surface area contributed by atoms with Gasteiger partial charge in [0.05, 0.1) is 20.1 Å². The van der Waals surface area contributed by atoms with Crippen LogP contribution in [0.4, 0.5) is 0 Å². The van der Waals surface area contributed by atoms with E-state index in [1.807, 2.05) is 51.1 Å². The van der Waals surface area contributed by atoms with Gasteiger partial charge in [0, 0.05) is 41.3 Å². The molecular formula is C24H29ClNO3+. The number of likely N-dealkylation sites (N-methyl/N-ethyl adjacent to an activating group) is 1. The molecule has 4 rings (SSSR count). The number of carbonyl (C=O) groups is 1. The molecule has 0 radical (unpaired) electrons. The average molecular weight is 415 g/mol. The number of nitrogens with zero attached hydrogens (tertiary/aromatic N) is 1.